The molecule has 0 aromatic rings. The fourth-order valence-electron chi connectivity index (χ4n) is 2.37. The van der Waals surface area contributed by atoms with E-state index in [9.17, 15) is 14.2 Å². The summed E-state index contributed by atoms with van der Waals surface area (Å²) >= 11 is 0. The first-order valence-electron chi connectivity index (χ1n) is 9.83. The van der Waals surface area contributed by atoms with Crippen LogP contribution in [-0.4, -0.2) is 41.0 Å². The van der Waals surface area contributed by atoms with Crippen LogP contribution in [0.4, 0.5) is 0 Å². The molecule has 0 aliphatic carbocycles. The van der Waals surface area contributed by atoms with Crippen LogP contribution in [0.3, 0.4) is 0 Å². The van der Waals surface area contributed by atoms with Gasteiger partial charge in [0, 0.05) is 12.8 Å². The molecule has 9 heteroatoms. The fourth-order valence-corrected chi connectivity index (χ4v) is 2.73. The molecule has 0 radical (unpaired) electrons. The molecule has 0 aromatic carbocycles. The van der Waals surface area contributed by atoms with Gasteiger partial charge in [-0.05, 0) is 12.8 Å². The Morgan fingerprint density at radius 1 is 0.815 bits per heavy atom. The Kier molecular flexibility index (Phi) is 15.5. The molecule has 0 saturated carbocycles. The number of hydrogen-bond acceptors (Lipinski definition) is 6. The molecule has 27 heavy (non-hydrogen) atoms. The lowest BCUT2D eigenvalue weighted by atomic mass is 10.1. The first-order valence-corrected chi connectivity index (χ1v) is 11.4. The highest BCUT2D eigenvalue weighted by Crippen LogP contribution is 2.35. The number of carbonyl (C=O) groups is 2. The minimum Gasteiger partial charge on any atom is -0.462 e. The third-order valence-corrected chi connectivity index (χ3v) is 4.36. The van der Waals surface area contributed by atoms with E-state index in [2.05, 4.69) is 11.4 Å². The van der Waals surface area contributed by atoms with Crippen LogP contribution in [-0.2, 0) is 28.2 Å². The van der Waals surface area contributed by atoms with Crippen molar-refractivity contribution in [3.05, 3.63) is 0 Å². The number of phosphoric acid groups is 1. The topological polar surface area (TPSA) is 119 Å². The lowest BCUT2D eigenvalue weighted by Crippen LogP contribution is -2.29. The standard InChI is InChI=1S/C18H35O8P/c1-3-5-7-8-9-11-13-18(20)26-16(15-25-27(21,22)23)14-24-17(19)12-10-6-4-2/h16H,3-15H2,1-2H3,(H2,21,22,23). The first-order chi connectivity index (χ1) is 12.8. The fraction of sp³-hybridized carbons (Fsp3) is 0.889. The van der Waals surface area contributed by atoms with Crippen LogP contribution < -0.4 is 0 Å². The van der Waals surface area contributed by atoms with Crippen molar-refractivity contribution < 1.29 is 37.9 Å². The highest BCUT2D eigenvalue weighted by molar-refractivity contribution is 7.46. The molecular weight excluding hydrogens is 375 g/mol. The zero-order valence-electron chi connectivity index (χ0n) is 16.6. The molecule has 0 aliphatic heterocycles. The number of hydrogen-bond donors (Lipinski definition) is 2. The van der Waals surface area contributed by atoms with E-state index < -0.39 is 32.5 Å². The summed E-state index contributed by atoms with van der Waals surface area (Å²) in [6.45, 7) is 3.33. The average Bonchev–Trinajstić information content (AvgIpc) is 2.60. The van der Waals surface area contributed by atoms with E-state index in [1.54, 1.807) is 0 Å². The number of ether oxygens (including phenoxy) is 2. The van der Waals surface area contributed by atoms with Crippen molar-refractivity contribution >= 4 is 19.8 Å². The molecule has 2 N–H and O–H groups in total. The molecule has 160 valence electrons. The minimum atomic E-state index is -4.70. The first kappa shape index (κ1) is 26.1. The molecule has 0 aromatic heterocycles. The van der Waals surface area contributed by atoms with Crippen molar-refractivity contribution in [1.82, 2.24) is 0 Å². The molecule has 0 aliphatic rings. The molecule has 0 amide bonds. The molecule has 1 unspecified atom stereocenters. The van der Waals surface area contributed by atoms with Crippen LogP contribution in [0, 0.1) is 0 Å². The van der Waals surface area contributed by atoms with Crippen LogP contribution >= 0.6 is 7.82 Å². The van der Waals surface area contributed by atoms with Gasteiger partial charge in [-0.3, -0.25) is 14.1 Å². The lowest BCUT2D eigenvalue weighted by Gasteiger charge is -2.18. The Labute approximate surface area is 162 Å². The van der Waals surface area contributed by atoms with Gasteiger partial charge in [0.15, 0.2) is 6.10 Å². The summed E-state index contributed by atoms with van der Waals surface area (Å²) < 4.78 is 25.4. The van der Waals surface area contributed by atoms with E-state index >= 15 is 0 Å². The van der Waals surface area contributed by atoms with Gasteiger partial charge in [-0.15, -0.1) is 0 Å². The monoisotopic (exact) mass is 410 g/mol. The van der Waals surface area contributed by atoms with E-state index in [0.29, 0.717) is 12.8 Å². The summed E-state index contributed by atoms with van der Waals surface area (Å²) in [4.78, 5) is 41.2. The molecule has 0 bridgehead atoms. The summed E-state index contributed by atoms with van der Waals surface area (Å²) in [6.07, 6.45) is 8.15. The Hall–Kier alpha value is -0.950. The van der Waals surface area contributed by atoms with Crippen LogP contribution in [0.5, 0.6) is 0 Å². The van der Waals surface area contributed by atoms with Crippen LogP contribution in [0.2, 0.25) is 0 Å². The summed E-state index contributed by atoms with van der Waals surface area (Å²) in [5, 5.41) is 0. The van der Waals surface area contributed by atoms with Gasteiger partial charge < -0.3 is 19.3 Å². The summed E-state index contributed by atoms with van der Waals surface area (Å²) in [5.41, 5.74) is 0. The Balaban J connectivity index is 4.26. The number of carbonyl (C=O) groups excluding carboxylic acids is 2. The van der Waals surface area contributed by atoms with E-state index in [4.69, 9.17) is 19.3 Å². The third-order valence-electron chi connectivity index (χ3n) is 3.88. The number of phosphoric ester groups is 1. The van der Waals surface area contributed by atoms with Gasteiger partial charge in [0.2, 0.25) is 0 Å². The van der Waals surface area contributed by atoms with Crippen LogP contribution in [0.25, 0.3) is 0 Å². The van der Waals surface area contributed by atoms with E-state index in [0.717, 1.165) is 38.5 Å². The van der Waals surface area contributed by atoms with Gasteiger partial charge in [0.05, 0.1) is 6.61 Å². The second kappa shape index (κ2) is 16.0. The molecule has 0 rings (SSSR count). The smallest absolute Gasteiger partial charge is 0.462 e. The number of esters is 2. The van der Waals surface area contributed by atoms with Gasteiger partial charge in [0.1, 0.15) is 6.61 Å². The molecule has 0 fully saturated rings. The minimum absolute atomic E-state index is 0.211. The largest absolute Gasteiger partial charge is 0.469 e. The second-order valence-electron chi connectivity index (χ2n) is 6.56. The van der Waals surface area contributed by atoms with Crippen molar-refractivity contribution in [2.75, 3.05) is 13.2 Å². The van der Waals surface area contributed by atoms with Crippen LogP contribution in [0.15, 0.2) is 0 Å². The Morgan fingerprint density at radius 3 is 1.96 bits per heavy atom. The molecule has 0 heterocycles. The summed E-state index contributed by atoms with van der Waals surface area (Å²) in [7, 11) is -4.70. The number of rotatable bonds is 17. The SMILES string of the molecule is CCCCCCCCC(=O)OC(COC(=O)CCCCC)COP(=O)(O)O. The Morgan fingerprint density at radius 2 is 1.33 bits per heavy atom. The van der Waals surface area contributed by atoms with E-state index in [1.165, 1.54) is 6.42 Å². The van der Waals surface area contributed by atoms with Gasteiger partial charge in [-0.2, -0.15) is 0 Å². The van der Waals surface area contributed by atoms with Gasteiger partial charge in [0.25, 0.3) is 0 Å². The lowest BCUT2D eigenvalue weighted by molar-refractivity contribution is -0.161. The molecule has 8 nitrogen and oxygen atoms in total. The number of unbranched alkanes of at least 4 members (excludes halogenated alkanes) is 7. The third kappa shape index (κ3) is 18.2. The zero-order chi connectivity index (χ0) is 20.5. The van der Waals surface area contributed by atoms with Gasteiger partial charge >= 0.3 is 19.8 Å². The highest BCUT2D eigenvalue weighted by atomic mass is 31.2. The second-order valence-corrected chi connectivity index (χ2v) is 7.80. The van der Waals surface area contributed by atoms with Crippen molar-refractivity contribution in [2.24, 2.45) is 0 Å². The Bertz CT molecular complexity index is 449. The summed E-state index contributed by atoms with van der Waals surface area (Å²) in [6, 6.07) is 0. The maximum absolute atomic E-state index is 11.9. The maximum atomic E-state index is 11.9. The van der Waals surface area contributed by atoms with Crippen molar-refractivity contribution in [3.63, 3.8) is 0 Å². The van der Waals surface area contributed by atoms with E-state index in [1.807, 2.05) is 6.92 Å². The van der Waals surface area contributed by atoms with Crippen LogP contribution in [0.1, 0.15) is 84.5 Å². The average molecular weight is 410 g/mol. The van der Waals surface area contributed by atoms with Gasteiger partial charge in [-0.1, -0.05) is 58.8 Å². The molecule has 0 saturated heterocycles. The van der Waals surface area contributed by atoms with Gasteiger partial charge in [-0.25, -0.2) is 4.57 Å². The zero-order valence-corrected chi connectivity index (χ0v) is 17.5. The van der Waals surface area contributed by atoms with Crippen molar-refractivity contribution in [1.29, 1.82) is 0 Å². The molecular formula is C18H35O8P. The van der Waals surface area contributed by atoms with Crippen molar-refractivity contribution in [3.8, 4) is 0 Å². The highest BCUT2D eigenvalue weighted by Gasteiger charge is 2.22. The molecule has 0 spiro atoms. The quantitative estimate of drug-likeness (QED) is 0.211. The summed E-state index contributed by atoms with van der Waals surface area (Å²) in [5.74, 6) is -0.927. The predicted molar refractivity (Wildman–Crippen MR) is 101 cm³/mol. The van der Waals surface area contributed by atoms with Crippen molar-refractivity contribution in [2.45, 2.75) is 90.6 Å². The normalized spacial score (nSPS) is 12.6. The predicted octanol–water partition coefficient (Wildman–Crippen LogP) is 3.88. The van der Waals surface area contributed by atoms with E-state index in [-0.39, 0.29) is 19.4 Å². The molecule has 1 atom stereocenters. The maximum Gasteiger partial charge on any atom is 0.469 e.